The number of nitrogens with zero attached hydrogens (tertiary/aromatic N) is 3. The molecule has 5 nitrogen and oxygen atoms in total. The minimum Gasteiger partial charge on any atom is -0.322 e. The van der Waals surface area contributed by atoms with Gasteiger partial charge in [-0.05, 0) is 12.1 Å². The average molecular weight is 256 g/mol. The number of anilines is 1. The predicted octanol–water partition coefficient (Wildman–Crippen LogP) is 2.24. The first kappa shape index (κ1) is 13.0. The van der Waals surface area contributed by atoms with E-state index in [0.29, 0.717) is 5.69 Å². The van der Waals surface area contributed by atoms with Gasteiger partial charge in [-0.25, -0.2) is 0 Å². The van der Waals surface area contributed by atoms with Crippen molar-refractivity contribution in [2.45, 2.75) is 6.92 Å². The number of hydrogen-bond donors (Lipinski definition) is 1. The van der Waals surface area contributed by atoms with Gasteiger partial charge in [-0.15, -0.1) is 6.58 Å². The Labute approximate surface area is 112 Å². The van der Waals surface area contributed by atoms with Crippen molar-refractivity contribution in [3.8, 4) is 11.3 Å². The van der Waals surface area contributed by atoms with E-state index < -0.39 is 0 Å². The molecule has 0 saturated carbocycles. The molecule has 0 unspecified atom stereocenters. The fraction of sp³-hybridized carbons (Fsp3) is 0.214. The lowest BCUT2D eigenvalue weighted by molar-refractivity contribution is -0.118. The molecule has 0 bridgehead atoms. The molecule has 5 heteroatoms. The van der Waals surface area contributed by atoms with Crippen molar-refractivity contribution < 1.29 is 4.79 Å². The van der Waals surface area contributed by atoms with Crippen LogP contribution in [0.1, 0.15) is 6.92 Å². The van der Waals surface area contributed by atoms with Crippen LogP contribution >= 0.6 is 0 Å². The van der Waals surface area contributed by atoms with Crippen LogP contribution in [-0.4, -0.2) is 20.7 Å². The fourth-order valence-electron chi connectivity index (χ4n) is 1.73. The van der Waals surface area contributed by atoms with Crippen LogP contribution in [0.4, 0.5) is 5.69 Å². The minimum absolute atomic E-state index is 0.0988. The normalized spacial score (nSPS) is 11.9. The molecule has 1 amide bonds. The Kier molecular flexibility index (Phi) is 3.75. The lowest BCUT2D eigenvalue weighted by atomic mass is 10.1. The molecule has 2 heterocycles. The van der Waals surface area contributed by atoms with Gasteiger partial charge in [0.1, 0.15) is 0 Å². The molecule has 0 saturated heterocycles. The van der Waals surface area contributed by atoms with E-state index >= 15 is 0 Å². The number of aryl methyl sites for hydroxylation is 1. The maximum atomic E-state index is 11.9. The minimum atomic E-state index is -0.245. The number of aromatic nitrogens is 3. The topological polar surface area (TPSA) is 59.8 Å². The Morgan fingerprint density at radius 2 is 2.16 bits per heavy atom. The first-order valence-corrected chi connectivity index (χ1v) is 5.99. The molecule has 98 valence electrons. The number of carbonyl (C=O) groups excluding carboxylic acids is 1. The second-order valence-electron chi connectivity index (χ2n) is 4.28. The molecule has 0 aromatic carbocycles. The summed E-state index contributed by atoms with van der Waals surface area (Å²) in [7, 11) is 1.84. The monoisotopic (exact) mass is 256 g/mol. The van der Waals surface area contributed by atoms with Gasteiger partial charge in [0.15, 0.2) is 0 Å². The Bertz CT molecular complexity index is 589. The average Bonchev–Trinajstić information content (AvgIpc) is 2.79. The van der Waals surface area contributed by atoms with E-state index in [-0.39, 0.29) is 11.8 Å². The van der Waals surface area contributed by atoms with Crippen LogP contribution in [-0.2, 0) is 11.8 Å². The van der Waals surface area contributed by atoms with E-state index in [1.165, 1.54) is 0 Å². The van der Waals surface area contributed by atoms with Crippen molar-refractivity contribution in [2.75, 3.05) is 5.32 Å². The maximum absolute atomic E-state index is 11.9. The van der Waals surface area contributed by atoms with Gasteiger partial charge < -0.3 is 5.32 Å². The first-order valence-electron chi connectivity index (χ1n) is 5.99. The van der Waals surface area contributed by atoms with Crippen LogP contribution < -0.4 is 5.32 Å². The van der Waals surface area contributed by atoms with Gasteiger partial charge in [-0.2, -0.15) is 5.10 Å². The van der Waals surface area contributed by atoms with Crippen LogP contribution in [0.15, 0.2) is 43.4 Å². The molecular formula is C14H16N4O. The summed E-state index contributed by atoms with van der Waals surface area (Å²) in [5.41, 5.74) is 2.50. The summed E-state index contributed by atoms with van der Waals surface area (Å²) in [4.78, 5) is 15.9. The largest absolute Gasteiger partial charge is 0.322 e. The van der Waals surface area contributed by atoms with E-state index in [0.717, 1.165) is 11.3 Å². The number of carbonyl (C=O) groups is 1. The van der Waals surface area contributed by atoms with Crippen molar-refractivity contribution >= 4 is 11.6 Å². The van der Waals surface area contributed by atoms with Crippen molar-refractivity contribution in [3.05, 3.63) is 43.4 Å². The highest BCUT2D eigenvalue weighted by molar-refractivity contribution is 5.96. The standard InChI is InChI=1S/C14H16N4O/c1-4-10(2)14(19)17-12-9-16-18(3)13(12)11-5-7-15-8-6-11/h4-10H,1H2,2-3H3,(H,17,19)/t10-/m1/s1. The molecule has 0 aliphatic heterocycles. The second kappa shape index (κ2) is 5.48. The van der Waals surface area contributed by atoms with Gasteiger partial charge in [0, 0.05) is 25.0 Å². The number of pyridine rings is 1. The van der Waals surface area contributed by atoms with Gasteiger partial charge in [0.25, 0.3) is 0 Å². The molecule has 2 aromatic heterocycles. The summed E-state index contributed by atoms with van der Waals surface area (Å²) in [5, 5.41) is 7.05. The summed E-state index contributed by atoms with van der Waals surface area (Å²) in [6.07, 6.45) is 6.67. The van der Waals surface area contributed by atoms with E-state index in [9.17, 15) is 4.79 Å². The molecule has 19 heavy (non-hydrogen) atoms. The zero-order chi connectivity index (χ0) is 13.8. The van der Waals surface area contributed by atoms with E-state index in [4.69, 9.17) is 0 Å². The molecule has 0 aliphatic carbocycles. The summed E-state index contributed by atoms with van der Waals surface area (Å²) >= 11 is 0. The van der Waals surface area contributed by atoms with Crippen LogP contribution in [0.2, 0.25) is 0 Å². The summed E-state index contributed by atoms with van der Waals surface area (Å²) in [6.45, 7) is 5.42. The summed E-state index contributed by atoms with van der Waals surface area (Å²) in [5.74, 6) is -0.344. The summed E-state index contributed by atoms with van der Waals surface area (Å²) < 4.78 is 1.73. The number of hydrogen-bond acceptors (Lipinski definition) is 3. The Morgan fingerprint density at radius 1 is 1.47 bits per heavy atom. The highest BCUT2D eigenvalue weighted by Crippen LogP contribution is 2.27. The first-order chi connectivity index (χ1) is 9.13. The lowest BCUT2D eigenvalue weighted by Crippen LogP contribution is -2.18. The van der Waals surface area contributed by atoms with Crippen molar-refractivity contribution in [1.82, 2.24) is 14.8 Å². The van der Waals surface area contributed by atoms with Gasteiger partial charge in [0.05, 0.1) is 23.5 Å². The second-order valence-corrected chi connectivity index (χ2v) is 4.28. The van der Waals surface area contributed by atoms with Crippen LogP contribution in [0.5, 0.6) is 0 Å². The molecule has 0 radical (unpaired) electrons. The molecule has 0 spiro atoms. The highest BCUT2D eigenvalue weighted by Gasteiger charge is 2.15. The third-order valence-electron chi connectivity index (χ3n) is 2.92. The fourth-order valence-corrected chi connectivity index (χ4v) is 1.73. The molecule has 2 aromatic rings. The van der Waals surface area contributed by atoms with Crippen LogP contribution in [0, 0.1) is 5.92 Å². The Morgan fingerprint density at radius 3 is 2.79 bits per heavy atom. The Hall–Kier alpha value is -2.43. The molecule has 1 atom stereocenters. The third-order valence-corrected chi connectivity index (χ3v) is 2.92. The molecule has 1 N–H and O–H groups in total. The lowest BCUT2D eigenvalue weighted by Gasteiger charge is -2.09. The predicted molar refractivity (Wildman–Crippen MR) is 74.4 cm³/mol. The van der Waals surface area contributed by atoms with Crippen LogP contribution in [0.25, 0.3) is 11.3 Å². The van der Waals surface area contributed by atoms with Crippen molar-refractivity contribution in [1.29, 1.82) is 0 Å². The maximum Gasteiger partial charge on any atom is 0.231 e. The van der Waals surface area contributed by atoms with Gasteiger partial charge in [0.2, 0.25) is 5.91 Å². The van der Waals surface area contributed by atoms with E-state index in [1.807, 2.05) is 19.2 Å². The number of rotatable bonds is 4. The Balaban J connectivity index is 2.34. The quantitative estimate of drug-likeness (QED) is 0.853. The third kappa shape index (κ3) is 2.70. The van der Waals surface area contributed by atoms with E-state index in [2.05, 4.69) is 22.0 Å². The number of nitrogens with one attached hydrogen (secondary N) is 1. The van der Waals surface area contributed by atoms with Crippen molar-refractivity contribution in [3.63, 3.8) is 0 Å². The highest BCUT2D eigenvalue weighted by atomic mass is 16.1. The van der Waals surface area contributed by atoms with Gasteiger partial charge in [-0.1, -0.05) is 13.0 Å². The summed E-state index contributed by atoms with van der Waals surface area (Å²) in [6, 6.07) is 3.76. The molecule has 2 rings (SSSR count). The zero-order valence-corrected chi connectivity index (χ0v) is 11.0. The molecule has 0 fully saturated rings. The van der Waals surface area contributed by atoms with Crippen LogP contribution in [0.3, 0.4) is 0 Å². The SMILES string of the molecule is C=C[C@@H](C)C(=O)Nc1cnn(C)c1-c1ccncc1. The van der Waals surface area contributed by atoms with Crippen molar-refractivity contribution in [2.24, 2.45) is 13.0 Å². The molecular weight excluding hydrogens is 240 g/mol. The zero-order valence-electron chi connectivity index (χ0n) is 11.0. The smallest absolute Gasteiger partial charge is 0.231 e. The van der Waals surface area contributed by atoms with Gasteiger partial charge >= 0.3 is 0 Å². The van der Waals surface area contributed by atoms with E-state index in [1.54, 1.807) is 36.3 Å². The van der Waals surface area contributed by atoms with Gasteiger partial charge in [-0.3, -0.25) is 14.5 Å². The number of amides is 1. The molecule has 0 aliphatic rings.